The number of ketones is 2. The lowest BCUT2D eigenvalue weighted by molar-refractivity contribution is 0.0795. The number of thioether (sulfide) groups is 1. The molecule has 1 spiro atoms. The molecule has 252 valence electrons. The first-order chi connectivity index (χ1) is 25.4. The molecular weight excluding hydrogens is 684 g/mol. The molecule has 2 fully saturated rings. The number of para-hydroxylation sites is 1. The molecule has 0 bridgehead atoms. The summed E-state index contributed by atoms with van der Waals surface area (Å²) in [6.45, 7) is 2.04. The summed E-state index contributed by atoms with van der Waals surface area (Å²) in [5.74, 6) is 0.577. The van der Waals surface area contributed by atoms with Crippen molar-refractivity contribution in [1.82, 2.24) is 19.9 Å². The van der Waals surface area contributed by atoms with Crippen LogP contribution in [-0.2, 0) is 5.54 Å². The van der Waals surface area contributed by atoms with Crippen LogP contribution < -0.4 is 0 Å². The normalized spacial score (nSPS) is 21.8. The highest BCUT2D eigenvalue weighted by molar-refractivity contribution is 7.99. The lowest BCUT2D eigenvalue weighted by atomic mass is 9.69. The van der Waals surface area contributed by atoms with Crippen LogP contribution in [0.3, 0.4) is 0 Å². The molecular formula is C44H31ClN4O2S. The van der Waals surface area contributed by atoms with Crippen LogP contribution in [0.1, 0.15) is 54.6 Å². The van der Waals surface area contributed by atoms with Gasteiger partial charge in [0.2, 0.25) is 0 Å². The Labute approximate surface area is 309 Å². The van der Waals surface area contributed by atoms with Crippen LogP contribution in [0, 0.1) is 12.8 Å². The van der Waals surface area contributed by atoms with Crippen molar-refractivity contribution < 1.29 is 9.59 Å². The molecule has 52 heavy (non-hydrogen) atoms. The zero-order valence-electron chi connectivity index (χ0n) is 28.2. The third kappa shape index (κ3) is 4.46. The molecule has 4 atom stereocenters. The number of rotatable bonds is 5. The van der Waals surface area contributed by atoms with Gasteiger partial charge in [-0.3, -0.25) is 14.5 Å². The van der Waals surface area contributed by atoms with Crippen LogP contribution in [0.25, 0.3) is 33.2 Å². The Bertz CT molecular complexity index is 2620. The lowest BCUT2D eigenvalue weighted by Gasteiger charge is -2.39. The minimum absolute atomic E-state index is 0.0305. The van der Waals surface area contributed by atoms with E-state index in [9.17, 15) is 4.79 Å². The third-order valence-electron chi connectivity index (χ3n) is 11.2. The van der Waals surface area contributed by atoms with Gasteiger partial charge < -0.3 is 0 Å². The van der Waals surface area contributed by atoms with Gasteiger partial charge in [-0.2, -0.15) is 0 Å². The second-order valence-electron chi connectivity index (χ2n) is 13.9. The number of pyridine rings is 1. The molecule has 8 heteroatoms. The number of fused-ring (bicyclic) bond motifs is 9. The number of hydrogen-bond acceptors (Lipinski definition) is 7. The van der Waals surface area contributed by atoms with E-state index in [1.807, 2.05) is 122 Å². The average Bonchev–Trinajstić information content (AvgIpc) is 3.85. The summed E-state index contributed by atoms with van der Waals surface area (Å²) in [7, 11) is 0. The molecule has 2 aliphatic heterocycles. The minimum Gasteiger partial charge on any atom is -0.294 e. The Morgan fingerprint density at radius 1 is 0.769 bits per heavy atom. The largest absolute Gasteiger partial charge is 0.294 e. The van der Waals surface area contributed by atoms with Gasteiger partial charge in [0.15, 0.2) is 11.6 Å². The Hall–Kier alpha value is -5.21. The molecule has 0 radical (unpaired) electrons. The van der Waals surface area contributed by atoms with Gasteiger partial charge in [-0.25, -0.2) is 15.0 Å². The number of nitrogens with zero attached hydrogens (tertiary/aromatic N) is 4. The number of benzene rings is 5. The molecule has 3 aliphatic rings. The second-order valence-corrected chi connectivity index (χ2v) is 15.3. The van der Waals surface area contributed by atoms with Gasteiger partial charge in [-0.1, -0.05) is 115 Å². The molecule has 5 aromatic carbocycles. The molecule has 10 rings (SSSR count). The van der Waals surface area contributed by atoms with E-state index in [4.69, 9.17) is 26.6 Å². The molecule has 0 amide bonds. The zero-order chi connectivity index (χ0) is 35.1. The van der Waals surface area contributed by atoms with Crippen molar-refractivity contribution in [2.24, 2.45) is 5.92 Å². The van der Waals surface area contributed by atoms with Crippen molar-refractivity contribution in [2.45, 2.75) is 24.4 Å². The van der Waals surface area contributed by atoms with E-state index in [0.29, 0.717) is 38.8 Å². The van der Waals surface area contributed by atoms with Gasteiger partial charge in [0.25, 0.3) is 0 Å². The molecule has 0 saturated carbocycles. The highest BCUT2D eigenvalue weighted by Crippen LogP contribution is 2.65. The standard InChI is InChI=1S/C44H31ClN4O2S/c1-25-11-10-16-28-21-31(43(45)48-38(25)28)36-35-23-52-24-49(35)44(37(36)41(51)27-14-6-3-7-15-27)32-18-9-8-17-30(32)39-42(44)47-34-22-29(19-20-33(34)46-39)40(50)26-12-4-2-5-13-26/h2-22,35-37H,23-24H2,1H3/t35-,36-,37-,44?/m0/s1. The van der Waals surface area contributed by atoms with Crippen molar-refractivity contribution >= 4 is 56.9 Å². The maximum absolute atomic E-state index is 15.4. The molecule has 6 nitrogen and oxygen atoms in total. The van der Waals surface area contributed by atoms with Gasteiger partial charge in [0.1, 0.15) is 10.7 Å². The van der Waals surface area contributed by atoms with Crippen molar-refractivity contribution in [3.8, 4) is 11.3 Å². The van der Waals surface area contributed by atoms with Crippen molar-refractivity contribution in [1.29, 1.82) is 0 Å². The summed E-state index contributed by atoms with van der Waals surface area (Å²) in [6, 6.07) is 41.0. The fourth-order valence-corrected chi connectivity index (χ4v) is 10.6. The maximum Gasteiger partial charge on any atom is 0.193 e. The molecule has 4 heterocycles. The summed E-state index contributed by atoms with van der Waals surface area (Å²) < 4.78 is 0. The second kappa shape index (κ2) is 11.9. The number of halogens is 1. The first-order valence-electron chi connectivity index (χ1n) is 17.5. The van der Waals surface area contributed by atoms with Crippen LogP contribution in [0.5, 0.6) is 0 Å². The number of aromatic nitrogens is 3. The van der Waals surface area contributed by atoms with E-state index in [2.05, 4.69) is 29.2 Å². The Morgan fingerprint density at radius 2 is 1.52 bits per heavy atom. The third-order valence-corrected chi connectivity index (χ3v) is 12.6. The summed E-state index contributed by atoms with van der Waals surface area (Å²) in [4.78, 5) is 47.3. The first-order valence-corrected chi connectivity index (χ1v) is 19.0. The number of aryl methyl sites for hydroxylation is 1. The van der Waals surface area contributed by atoms with Crippen molar-refractivity contribution in [3.63, 3.8) is 0 Å². The molecule has 7 aromatic rings. The molecule has 0 N–H and O–H groups in total. The molecule has 2 saturated heterocycles. The Morgan fingerprint density at radius 3 is 2.33 bits per heavy atom. The van der Waals surface area contributed by atoms with E-state index >= 15 is 4.79 Å². The van der Waals surface area contributed by atoms with Crippen LogP contribution >= 0.6 is 23.4 Å². The van der Waals surface area contributed by atoms with Crippen LogP contribution in [0.4, 0.5) is 0 Å². The zero-order valence-corrected chi connectivity index (χ0v) is 29.7. The number of carbonyl (C=O) groups is 2. The molecule has 2 aromatic heterocycles. The summed E-state index contributed by atoms with van der Waals surface area (Å²) in [6.07, 6.45) is 0. The molecule has 1 aliphatic carbocycles. The SMILES string of the molecule is Cc1cccc2cc([C@@H]3[C@@H](C(=O)c4ccccc4)C4(c5ccccc5-c5nc6ccc(C(=O)c7ccccc7)cc6nc54)N4CSC[C@@H]34)c(Cl)nc12. The quantitative estimate of drug-likeness (QED) is 0.130. The highest BCUT2D eigenvalue weighted by atomic mass is 35.5. The van der Waals surface area contributed by atoms with Gasteiger partial charge in [0.05, 0.1) is 33.9 Å². The first kappa shape index (κ1) is 31.5. The summed E-state index contributed by atoms with van der Waals surface area (Å²) in [5.41, 5.74) is 8.44. The fraction of sp³-hybridized carbons (Fsp3) is 0.159. The van der Waals surface area contributed by atoms with Crippen LogP contribution in [0.2, 0.25) is 5.15 Å². The van der Waals surface area contributed by atoms with E-state index in [1.54, 1.807) is 0 Å². The number of Topliss-reactive ketones (excluding diaryl/α,β-unsaturated/α-hetero) is 1. The van der Waals surface area contributed by atoms with Gasteiger partial charge >= 0.3 is 0 Å². The van der Waals surface area contributed by atoms with Crippen LogP contribution in [0.15, 0.2) is 127 Å². The Kier molecular flexibility index (Phi) is 7.22. The summed E-state index contributed by atoms with van der Waals surface area (Å²) in [5, 5.41) is 1.42. The fourth-order valence-electron chi connectivity index (χ4n) is 9.04. The minimum atomic E-state index is -0.955. The van der Waals surface area contributed by atoms with E-state index in [1.165, 1.54) is 0 Å². The topological polar surface area (TPSA) is 76.1 Å². The maximum atomic E-state index is 15.4. The lowest BCUT2D eigenvalue weighted by Crippen LogP contribution is -2.48. The monoisotopic (exact) mass is 714 g/mol. The molecule has 1 unspecified atom stereocenters. The Balaban J connectivity index is 1.25. The predicted octanol–water partition coefficient (Wildman–Crippen LogP) is 9.27. The van der Waals surface area contributed by atoms with Gasteiger partial charge in [0, 0.05) is 51.2 Å². The van der Waals surface area contributed by atoms with Crippen LogP contribution in [-0.4, -0.2) is 49.1 Å². The van der Waals surface area contributed by atoms with E-state index in [-0.39, 0.29) is 23.5 Å². The van der Waals surface area contributed by atoms with Gasteiger partial charge in [-0.15, -0.1) is 11.8 Å². The van der Waals surface area contributed by atoms with E-state index in [0.717, 1.165) is 50.3 Å². The average molecular weight is 715 g/mol. The number of hydrogen-bond donors (Lipinski definition) is 0. The van der Waals surface area contributed by atoms with Crippen molar-refractivity contribution in [2.75, 3.05) is 11.6 Å². The number of carbonyl (C=O) groups excluding carboxylic acids is 2. The van der Waals surface area contributed by atoms with Gasteiger partial charge in [-0.05, 0) is 47.9 Å². The highest BCUT2D eigenvalue weighted by Gasteiger charge is 2.68. The smallest absolute Gasteiger partial charge is 0.193 e. The summed E-state index contributed by atoms with van der Waals surface area (Å²) >= 11 is 9.09. The van der Waals surface area contributed by atoms with Crippen molar-refractivity contribution in [3.05, 3.63) is 172 Å². The predicted molar refractivity (Wildman–Crippen MR) is 207 cm³/mol. The van der Waals surface area contributed by atoms with E-state index < -0.39 is 11.5 Å².